The number of piperazine rings is 1. The standard InChI is InChI=1S/C26H33F2IN4O3/c1-2-6-33-8-7-32(17-26(33)36)16-25(35)31-23(12-19-9-20(27)13-21(28)10-19)24(34)15-30-14-18-4-3-5-22(29)11-18/h3-5,9-11,13,23-24,30,34H,2,6-8,12,14-17H2,1H3,(H,31,35)/t23-,24-/m0/s1. The van der Waals surface area contributed by atoms with Crippen LogP contribution in [0.5, 0.6) is 0 Å². The van der Waals surface area contributed by atoms with Crippen LogP contribution in [-0.4, -0.2) is 78.1 Å². The van der Waals surface area contributed by atoms with Crippen molar-refractivity contribution in [2.24, 2.45) is 0 Å². The summed E-state index contributed by atoms with van der Waals surface area (Å²) in [4.78, 5) is 28.7. The number of aliphatic hydroxyl groups is 1. The van der Waals surface area contributed by atoms with Gasteiger partial charge in [0.05, 0.1) is 25.2 Å². The van der Waals surface area contributed by atoms with Gasteiger partial charge < -0.3 is 20.6 Å². The van der Waals surface area contributed by atoms with Gasteiger partial charge in [-0.05, 0) is 70.8 Å². The van der Waals surface area contributed by atoms with Crippen molar-refractivity contribution in [1.82, 2.24) is 20.4 Å². The summed E-state index contributed by atoms with van der Waals surface area (Å²) in [6.45, 7) is 4.71. The van der Waals surface area contributed by atoms with E-state index in [2.05, 4.69) is 33.2 Å². The summed E-state index contributed by atoms with van der Waals surface area (Å²) in [5.74, 6) is -1.80. The molecule has 0 bridgehead atoms. The summed E-state index contributed by atoms with van der Waals surface area (Å²) in [5.41, 5.74) is 1.38. The second-order valence-electron chi connectivity index (χ2n) is 9.08. The smallest absolute Gasteiger partial charge is 0.236 e. The molecule has 10 heteroatoms. The van der Waals surface area contributed by atoms with Crippen LogP contribution in [0.1, 0.15) is 24.5 Å². The van der Waals surface area contributed by atoms with Gasteiger partial charge in [-0.2, -0.15) is 0 Å². The van der Waals surface area contributed by atoms with Crippen molar-refractivity contribution in [1.29, 1.82) is 0 Å². The Morgan fingerprint density at radius 1 is 1.14 bits per heavy atom. The van der Waals surface area contributed by atoms with Crippen LogP contribution in [0.4, 0.5) is 8.78 Å². The first-order chi connectivity index (χ1) is 17.2. The van der Waals surface area contributed by atoms with E-state index in [0.29, 0.717) is 31.7 Å². The van der Waals surface area contributed by atoms with Gasteiger partial charge in [0, 0.05) is 42.4 Å². The van der Waals surface area contributed by atoms with Gasteiger partial charge in [0.25, 0.3) is 0 Å². The number of aliphatic hydroxyl groups excluding tert-OH is 1. The third kappa shape index (κ3) is 9.06. The zero-order valence-electron chi connectivity index (χ0n) is 20.4. The van der Waals surface area contributed by atoms with Crippen molar-refractivity contribution >= 4 is 34.4 Å². The molecule has 2 amide bonds. The zero-order chi connectivity index (χ0) is 26.1. The maximum absolute atomic E-state index is 13.8. The van der Waals surface area contributed by atoms with Crippen molar-refractivity contribution in [3.8, 4) is 0 Å². The number of nitrogens with zero attached hydrogens (tertiary/aromatic N) is 2. The molecule has 1 aliphatic rings. The second-order valence-corrected chi connectivity index (χ2v) is 10.3. The van der Waals surface area contributed by atoms with Crippen LogP contribution in [0, 0.1) is 15.2 Å². The minimum Gasteiger partial charge on any atom is -0.390 e. The highest BCUT2D eigenvalue weighted by atomic mass is 127. The van der Waals surface area contributed by atoms with E-state index in [4.69, 9.17) is 0 Å². The van der Waals surface area contributed by atoms with Crippen LogP contribution in [0.15, 0.2) is 42.5 Å². The van der Waals surface area contributed by atoms with Crippen LogP contribution >= 0.6 is 22.6 Å². The van der Waals surface area contributed by atoms with Gasteiger partial charge in [-0.3, -0.25) is 14.5 Å². The fourth-order valence-electron chi connectivity index (χ4n) is 4.27. The molecule has 2 atom stereocenters. The highest BCUT2D eigenvalue weighted by Crippen LogP contribution is 2.13. The lowest BCUT2D eigenvalue weighted by Crippen LogP contribution is -2.55. The molecule has 3 rings (SSSR count). The first-order valence-corrected chi connectivity index (χ1v) is 13.2. The van der Waals surface area contributed by atoms with E-state index in [1.165, 1.54) is 12.1 Å². The number of benzene rings is 2. The number of nitrogens with one attached hydrogen (secondary N) is 2. The Morgan fingerprint density at radius 2 is 1.89 bits per heavy atom. The molecule has 0 aliphatic carbocycles. The maximum atomic E-state index is 13.8. The molecule has 1 heterocycles. The highest BCUT2D eigenvalue weighted by Gasteiger charge is 2.27. The van der Waals surface area contributed by atoms with Crippen LogP contribution in [0.3, 0.4) is 0 Å². The van der Waals surface area contributed by atoms with Crippen LogP contribution in [0.25, 0.3) is 0 Å². The Hall–Kier alpha value is -2.15. The molecule has 36 heavy (non-hydrogen) atoms. The molecular weight excluding hydrogens is 581 g/mol. The molecule has 3 N–H and O–H groups in total. The summed E-state index contributed by atoms with van der Waals surface area (Å²) in [6, 6.07) is 10.3. The van der Waals surface area contributed by atoms with Crippen LogP contribution in [0.2, 0.25) is 0 Å². The monoisotopic (exact) mass is 614 g/mol. The maximum Gasteiger partial charge on any atom is 0.236 e. The number of hydrogen-bond donors (Lipinski definition) is 3. The van der Waals surface area contributed by atoms with E-state index >= 15 is 0 Å². The first-order valence-electron chi connectivity index (χ1n) is 12.1. The molecule has 0 unspecified atom stereocenters. The average molecular weight is 614 g/mol. The minimum absolute atomic E-state index is 0.00230. The number of hydrogen-bond acceptors (Lipinski definition) is 5. The van der Waals surface area contributed by atoms with E-state index in [-0.39, 0.29) is 37.9 Å². The third-order valence-electron chi connectivity index (χ3n) is 6.02. The lowest BCUT2D eigenvalue weighted by atomic mass is 10.0. The van der Waals surface area contributed by atoms with Crippen molar-refractivity contribution in [2.45, 2.75) is 38.5 Å². The Balaban J connectivity index is 1.61. The van der Waals surface area contributed by atoms with Crippen molar-refractivity contribution in [2.75, 3.05) is 39.3 Å². The number of amides is 2. The molecular formula is C26H33F2IN4O3. The van der Waals surface area contributed by atoms with Crippen molar-refractivity contribution in [3.63, 3.8) is 0 Å². The molecule has 0 saturated carbocycles. The normalized spacial score (nSPS) is 16.1. The SMILES string of the molecule is CCCN1CCN(CC(=O)N[C@@H](Cc2cc(F)cc(F)c2)[C@@H](O)CNCc2cccc(I)c2)CC1=O. The van der Waals surface area contributed by atoms with Crippen LogP contribution in [-0.2, 0) is 22.6 Å². The van der Waals surface area contributed by atoms with E-state index in [1.807, 2.05) is 31.2 Å². The lowest BCUT2D eigenvalue weighted by molar-refractivity contribution is -0.137. The van der Waals surface area contributed by atoms with Gasteiger partial charge in [-0.25, -0.2) is 8.78 Å². The van der Waals surface area contributed by atoms with Crippen molar-refractivity contribution in [3.05, 3.63) is 68.8 Å². The van der Waals surface area contributed by atoms with Gasteiger partial charge in [0.1, 0.15) is 11.6 Å². The predicted octanol–water partition coefficient (Wildman–Crippen LogP) is 2.30. The average Bonchev–Trinajstić information content (AvgIpc) is 2.80. The Morgan fingerprint density at radius 3 is 2.56 bits per heavy atom. The molecule has 1 fully saturated rings. The molecule has 0 aromatic heterocycles. The van der Waals surface area contributed by atoms with Crippen molar-refractivity contribution < 1.29 is 23.5 Å². The highest BCUT2D eigenvalue weighted by molar-refractivity contribution is 14.1. The van der Waals surface area contributed by atoms with E-state index in [9.17, 15) is 23.5 Å². The Bertz CT molecular complexity index is 1020. The largest absolute Gasteiger partial charge is 0.390 e. The molecule has 2 aromatic carbocycles. The topological polar surface area (TPSA) is 84.9 Å². The fourth-order valence-corrected chi connectivity index (χ4v) is 4.88. The van der Waals surface area contributed by atoms with E-state index in [1.54, 1.807) is 9.80 Å². The van der Waals surface area contributed by atoms with Crippen LogP contribution < -0.4 is 10.6 Å². The molecule has 1 saturated heterocycles. The lowest BCUT2D eigenvalue weighted by Gasteiger charge is -2.34. The quantitative estimate of drug-likeness (QED) is 0.320. The number of rotatable bonds is 12. The molecule has 2 aromatic rings. The predicted molar refractivity (Wildman–Crippen MR) is 142 cm³/mol. The summed E-state index contributed by atoms with van der Waals surface area (Å²) in [7, 11) is 0. The third-order valence-corrected chi connectivity index (χ3v) is 6.69. The Kier molecular flexibility index (Phi) is 11.0. The van der Waals surface area contributed by atoms with E-state index in [0.717, 1.165) is 21.6 Å². The zero-order valence-corrected chi connectivity index (χ0v) is 22.5. The Labute approximate surface area is 224 Å². The summed E-state index contributed by atoms with van der Waals surface area (Å²) in [6.07, 6.45) is -0.0780. The number of halogens is 3. The van der Waals surface area contributed by atoms with Gasteiger partial charge in [0.2, 0.25) is 11.8 Å². The molecule has 0 spiro atoms. The van der Waals surface area contributed by atoms with Gasteiger partial charge in [-0.15, -0.1) is 0 Å². The molecule has 0 radical (unpaired) electrons. The summed E-state index contributed by atoms with van der Waals surface area (Å²) in [5, 5.41) is 16.9. The second kappa shape index (κ2) is 14.0. The van der Waals surface area contributed by atoms with Gasteiger partial charge in [-0.1, -0.05) is 19.1 Å². The number of carbonyl (C=O) groups is 2. The number of carbonyl (C=O) groups excluding carboxylic acids is 2. The summed E-state index contributed by atoms with van der Waals surface area (Å²) >= 11 is 2.23. The molecule has 7 nitrogen and oxygen atoms in total. The first kappa shape index (κ1) is 28.4. The van der Waals surface area contributed by atoms with E-state index < -0.39 is 23.8 Å². The molecule has 1 aliphatic heterocycles. The van der Waals surface area contributed by atoms with Gasteiger partial charge >= 0.3 is 0 Å². The molecule has 196 valence electrons. The fraction of sp³-hybridized carbons (Fsp3) is 0.462. The summed E-state index contributed by atoms with van der Waals surface area (Å²) < 4.78 is 28.6. The minimum atomic E-state index is -1.01. The van der Waals surface area contributed by atoms with Gasteiger partial charge in [0.15, 0.2) is 0 Å².